The van der Waals surface area contributed by atoms with E-state index in [0.29, 0.717) is 22.1 Å². The first-order valence-electron chi connectivity index (χ1n) is 12.1. The predicted molar refractivity (Wildman–Crippen MR) is 155 cm³/mol. The van der Waals surface area contributed by atoms with Crippen molar-refractivity contribution in [3.05, 3.63) is 27.9 Å². The highest BCUT2D eigenvalue weighted by atomic mass is 32.2. The van der Waals surface area contributed by atoms with E-state index in [-0.39, 0.29) is 33.8 Å². The largest absolute Gasteiger partial charge is 0.478 e. The van der Waals surface area contributed by atoms with Crippen LogP contribution in [-0.4, -0.2) is 83.1 Å². The number of carboxylic acid groups (broad SMARTS) is 2. The Kier molecular flexibility index (Phi) is 8.55. The van der Waals surface area contributed by atoms with Crippen molar-refractivity contribution >= 4 is 81.1 Å². The molecule has 2 aliphatic heterocycles. The molecule has 2 aliphatic rings. The molecule has 9 N–H and O–H groups in total. The number of aromatic nitrogens is 3. The van der Waals surface area contributed by atoms with Gasteiger partial charge in [-0.1, -0.05) is 10.1 Å². The number of thioether (sulfide) groups is 2. The first kappa shape index (κ1) is 30.8. The number of β-lactam (4-membered cyclic amide) rings is 1. The van der Waals surface area contributed by atoms with Crippen molar-refractivity contribution in [3.8, 4) is 0 Å². The van der Waals surface area contributed by atoms with E-state index in [1.54, 1.807) is 18.5 Å². The summed E-state index contributed by atoms with van der Waals surface area (Å²) in [6, 6.07) is -1.09. The number of carboxylic acids is 2. The summed E-state index contributed by atoms with van der Waals surface area (Å²) in [6.45, 7) is 4.22. The fourth-order valence-corrected chi connectivity index (χ4v) is 6.85. The van der Waals surface area contributed by atoms with E-state index in [4.69, 9.17) is 22.0 Å². The average Bonchev–Trinajstić information content (AvgIpc) is 3.36. The number of nitrogen functional groups attached to an aromatic ring is 3. The van der Waals surface area contributed by atoms with E-state index in [0.717, 1.165) is 16.2 Å². The predicted octanol–water partition coefficient (Wildman–Crippen LogP) is -0.468. The van der Waals surface area contributed by atoms with Gasteiger partial charge in [-0.05, 0) is 38.1 Å². The molecule has 0 aliphatic carbocycles. The van der Waals surface area contributed by atoms with Crippen molar-refractivity contribution in [1.82, 2.24) is 20.2 Å². The number of fused-ring (bicyclic) bond motifs is 1. The van der Waals surface area contributed by atoms with Crippen LogP contribution >= 0.6 is 34.9 Å². The highest BCUT2D eigenvalue weighted by Crippen LogP contribution is 2.41. The Bertz CT molecular complexity index is 1560. The van der Waals surface area contributed by atoms with Gasteiger partial charge in [-0.2, -0.15) is 0 Å². The quantitative estimate of drug-likeness (QED) is 0.0481. The maximum atomic E-state index is 13.2. The van der Waals surface area contributed by atoms with Gasteiger partial charge in [0.1, 0.15) is 22.8 Å². The minimum absolute atomic E-state index is 0.0145. The number of carbonyl (C=O) groups is 4. The second-order valence-corrected chi connectivity index (χ2v) is 12.6. The van der Waals surface area contributed by atoms with Crippen LogP contribution < -0.4 is 27.1 Å². The highest BCUT2D eigenvalue weighted by molar-refractivity contribution is 8.01. The molecule has 0 bridgehead atoms. The van der Waals surface area contributed by atoms with Crippen LogP contribution in [0.25, 0.3) is 0 Å². The van der Waals surface area contributed by atoms with E-state index in [1.807, 2.05) is 0 Å². The lowest BCUT2D eigenvalue weighted by molar-refractivity contribution is -0.699. The molecule has 19 heteroatoms. The zero-order chi connectivity index (χ0) is 31.1. The number of hydrogen-bond acceptors (Lipinski definition) is 14. The van der Waals surface area contributed by atoms with Gasteiger partial charge >= 0.3 is 17.1 Å². The standard InChI is InChI=1S/C23H27N9O7S3/c1-8-14(24)29-22(31(4)15(8)25)42-6-9-5-40-18-12(17(34)32(18)13(9)19(35)36)28-16(33)11(10-7-41-21(26)27-10)30-39-23(2,3)20(37)38/h7,12,18H,5-6H2,1-4H3,(H8,24,25,26,27,28,33,35,36,37,38)/p+1/b30-11-. The maximum Gasteiger partial charge on any atom is 0.352 e. The van der Waals surface area contributed by atoms with E-state index < -0.39 is 46.5 Å². The van der Waals surface area contributed by atoms with Gasteiger partial charge in [0, 0.05) is 16.9 Å². The van der Waals surface area contributed by atoms with Crippen molar-refractivity contribution in [3.63, 3.8) is 0 Å². The Labute approximate surface area is 251 Å². The van der Waals surface area contributed by atoms with Crippen molar-refractivity contribution in [2.45, 2.75) is 42.9 Å². The van der Waals surface area contributed by atoms with Crippen LogP contribution in [0.5, 0.6) is 0 Å². The van der Waals surface area contributed by atoms with E-state index in [2.05, 4.69) is 20.4 Å². The molecule has 224 valence electrons. The monoisotopic (exact) mass is 638 g/mol. The third kappa shape index (κ3) is 5.79. The van der Waals surface area contributed by atoms with Crippen molar-refractivity contribution < 1.29 is 38.8 Å². The molecule has 2 atom stereocenters. The molecule has 4 rings (SSSR count). The van der Waals surface area contributed by atoms with Crippen LogP contribution in [0.15, 0.2) is 27.0 Å². The summed E-state index contributed by atoms with van der Waals surface area (Å²) < 4.78 is 1.65. The molecule has 4 heterocycles. The fourth-order valence-electron chi connectivity index (χ4n) is 3.83. The molecule has 1 fully saturated rings. The minimum Gasteiger partial charge on any atom is -0.478 e. The zero-order valence-corrected chi connectivity index (χ0v) is 25.2. The van der Waals surface area contributed by atoms with Gasteiger partial charge in [-0.15, -0.1) is 23.1 Å². The average molecular weight is 639 g/mol. The summed E-state index contributed by atoms with van der Waals surface area (Å²) in [5.74, 6) is -3.00. The van der Waals surface area contributed by atoms with Crippen LogP contribution in [0.4, 0.5) is 16.8 Å². The smallest absolute Gasteiger partial charge is 0.352 e. The second kappa shape index (κ2) is 11.6. The molecule has 16 nitrogen and oxygen atoms in total. The summed E-state index contributed by atoms with van der Waals surface area (Å²) in [5, 5.41) is 26.9. The molecule has 0 spiro atoms. The number of nitrogens with two attached hydrogens (primary N) is 3. The van der Waals surface area contributed by atoms with Crippen molar-refractivity contribution in [2.24, 2.45) is 12.2 Å². The van der Waals surface area contributed by atoms with Crippen LogP contribution in [0.2, 0.25) is 0 Å². The molecule has 2 unspecified atom stereocenters. The molecule has 2 aromatic heterocycles. The van der Waals surface area contributed by atoms with Gasteiger partial charge in [0.15, 0.2) is 10.8 Å². The first-order chi connectivity index (χ1) is 19.6. The zero-order valence-electron chi connectivity index (χ0n) is 22.8. The summed E-state index contributed by atoms with van der Waals surface area (Å²) in [4.78, 5) is 64.7. The molecule has 2 aromatic rings. The van der Waals surface area contributed by atoms with Gasteiger partial charge in [0.2, 0.25) is 17.2 Å². The van der Waals surface area contributed by atoms with Crippen LogP contribution in [0.1, 0.15) is 25.1 Å². The lowest BCUT2D eigenvalue weighted by atomic mass is 10.0. The summed E-state index contributed by atoms with van der Waals surface area (Å²) in [5.41, 5.74) is 16.5. The number of amides is 2. The Morgan fingerprint density at radius 2 is 1.98 bits per heavy atom. The van der Waals surface area contributed by atoms with Gasteiger partial charge in [0.05, 0.1) is 12.6 Å². The molecule has 0 radical (unpaired) electrons. The third-order valence-electron chi connectivity index (χ3n) is 6.40. The van der Waals surface area contributed by atoms with Gasteiger partial charge < -0.3 is 37.6 Å². The van der Waals surface area contributed by atoms with Gasteiger partial charge in [-0.3, -0.25) is 14.5 Å². The molecular weight excluding hydrogens is 611 g/mol. The maximum absolute atomic E-state index is 13.2. The van der Waals surface area contributed by atoms with E-state index >= 15 is 0 Å². The summed E-state index contributed by atoms with van der Waals surface area (Å²) in [6.07, 6.45) is 0. The molecule has 0 saturated carbocycles. The van der Waals surface area contributed by atoms with Crippen LogP contribution in [0, 0.1) is 6.92 Å². The molecule has 2 amide bonds. The molecule has 0 aromatic carbocycles. The second-order valence-electron chi connectivity index (χ2n) is 9.67. The molecule has 1 saturated heterocycles. The Hall–Kier alpha value is -4.10. The minimum atomic E-state index is -1.77. The first-order valence-corrected chi connectivity index (χ1v) is 15.0. The normalized spacial score (nSPS) is 18.8. The number of anilines is 3. The summed E-state index contributed by atoms with van der Waals surface area (Å²) >= 11 is 3.52. The van der Waals surface area contributed by atoms with Crippen molar-refractivity contribution in [2.75, 3.05) is 28.7 Å². The summed E-state index contributed by atoms with van der Waals surface area (Å²) in [7, 11) is 1.71. The number of hydrogen-bond donors (Lipinski definition) is 6. The molecule has 42 heavy (non-hydrogen) atoms. The lowest BCUT2D eigenvalue weighted by Crippen LogP contribution is -2.71. The number of carbonyl (C=O) groups excluding carboxylic acids is 2. The SMILES string of the molecule is Cc1c(N)nc(SCC2=C(C(=O)O)N3C(=O)C(NC(=O)/C(=N\OC(C)(C)C(=O)O)c4csc(N)n4)C3SC2)[n+](C)c1N. The number of oxime groups is 1. The Morgan fingerprint density at radius 3 is 2.57 bits per heavy atom. The number of nitrogens with zero attached hydrogens (tertiary/aromatic N) is 5. The van der Waals surface area contributed by atoms with Crippen LogP contribution in [-0.2, 0) is 31.1 Å². The van der Waals surface area contributed by atoms with Gasteiger partial charge in [0.25, 0.3) is 11.8 Å². The van der Waals surface area contributed by atoms with Crippen LogP contribution in [0.3, 0.4) is 0 Å². The number of aliphatic carboxylic acids is 2. The topological polar surface area (TPSA) is 253 Å². The lowest BCUT2D eigenvalue weighted by Gasteiger charge is -2.49. The number of rotatable bonds is 10. The highest BCUT2D eigenvalue weighted by Gasteiger charge is 2.54. The molecular formula is C23H28N9O7S3+. The van der Waals surface area contributed by atoms with E-state index in [1.165, 1.54) is 42.8 Å². The van der Waals surface area contributed by atoms with E-state index in [9.17, 15) is 29.4 Å². The Morgan fingerprint density at radius 1 is 1.29 bits per heavy atom. The Balaban J connectivity index is 1.54. The van der Waals surface area contributed by atoms with Crippen molar-refractivity contribution in [1.29, 1.82) is 0 Å². The fraction of sp³-hybridized carbons (Fsp3) is 0.391. The number of nitrogens with one attached hydrogen (secondary N) is 1. The third-order valence-corrected chi connectivity index (χ3v) is 9.53. The number of thiazole rings is 1. The van der Waals surface area contributed by atoms with Gasteiger partial charge in [-0.25, -0.2) is 19.1 Å².